The van der Waals surface area contributed by atoms with Gasteiger partial charge in [0.2, 0.25) is 0 Å². The van der Waals surface area contributed by atoms with E-state index < -0.39 is 11.5 Å². The maximum absolute atomic E-state index is 12.3. The van der Waals surface area contributed by atoms with Gasteiger partial charge >= 0.3 is 12.0 Å². The minimum Gasteiger partial charge on any atom is -0.480 e. The van der Waals surface area contributed by atoms with Crippen LogP contribution in [0.3, 0.4) is 0 Å². The average molecular weight is 271 g/mol. The standard InChI is InChI=1S/C13H25N3O3/c1-13(2,11(17)18)15(5)12(19)16-8-6-10(7-9-16)14(3)4/h10H,6-9H2,1-5H3,(H,17,18). The van der Waals surface area contributed by atoms with Gasteiger partial charge < -0.3 is 19.8 Å². The maximum atomic E-state index is 12.3. The number of carboxylic acids is 1. The van der Waals surface area contributed by atoms with Gasteiger partial charge in [-0.3, -0.25) is 0 Å². The minimum atomic E-state index is -1.19. The number of hydrogen-bond acceptors (Lipinski definition) is 3. The van der Waals surface area contributed by atoms with Gasteiger partial charge in [0.15, 0.2) is 0 Å². The summed E-state index contributed by atoms with van der Waals surface area (Å²) in [6.07, 6.45) is 1.86. The molecule has 0 aliphatic carbocycles. The fourth-order valence-electron chi connectivity index (χ4n) is 2.17. The summed E-state index contributed by atoms with van der Waals surface area (Å²) in [7, 11) is 5.64. The summed E-state index contributed by atoms with van der Waals surface area (Å²) in [6.45, 7) is 4.45. The van der Waals surface area contributed by atoms with Crippen molar-refractivity contribution in [2.75, 3.05) is 34.2 Å². The van der Waals surface area contributed by atoms with E-state index in [1.165, 1.54) is 4.90 Å². The highest BCUT2D eigenvalue weighted by Gasteiger charge is 2.38. The lowest BCUT2D eigenvalue weighted by Crippen LogP contribution is -2.57. The lowest BCUT2D eigenvalue weighted by Gasteiger charge is -2.40. The molecule has 0 unspecified atom stereocenters. The van der Waals surface area contributed by atoms with Crippen LogP contribution in [0.5, 0.6) is 0 Å². The molecule has 2 amide bonds. The molecule has 0 aromatic heterocycles. The predicted octanol–water partition coefficient (Wildman–Crippen LogP) is 0.927. The number of amides is 2. The Hall–Kier alpha value is -1.30. The van der Waals surface area contributed by atoms with Gasteiger partial charge in [-0.25, -0.2) is 9.59 Å². The van der Waals surface area contributed by atoms with Crippen molar-refractivity contribution >= 4 is 12.0 Å². The summed E-state index contributed by atoms with van der Waals surface area (Å²) in [4.78, 5) is 28.7. The Labute approximate surface area is 115 Å². The number of carbonyl (C=O) groups is 2. The maximum Gasteiger partial charge on any atom is 0.329 e. The topological polar surface area (TPSA) is 64.1 Å². The molecule has 6 heteroatoms. The summed E-state index contributed by atoms with van der Waals surface area (Å²) in [5, 5.41) is 9.15. The second kappa shape index (κ2) is 5.77. The van der Waals surface area contributed by atoms with E-state index in [-0.39, 0.29) is 6.03 Å². The average Bonchev–Trinajstić information content (AvgIpc) is 2.36. The highest BCUT2D eigenvalue weighted by atomic mass is 16.4. The Morgan fingerprint density at radius 2 is 1.63 bits per heavy atom. The molecule has 1 aliphatic rings. The Kier molecular flexibility index (Phi) is 4.79. The third-order valence-electron chi connectivity index (χ3n) is 4.11. The number of rotatable bonds is 3. The highest BCUT2D eigenvalue weighted by molar-refractivity contribution is 5.85. The first kappa shape index (κ1) is 15.8. The van der Waals surface area contributed by atoms with E-state index in [0.29, 0.717) is 19.1 Å². The number of nitrogens with zero attached hydrogens (tertiary/aromatic N) is 3. The van der Waals surface area contributed by atoms with E-state index >= 15 is 0 Å². The van der Waals surface area contributed by atoms with Crippen molar-refractivity contribution in [3.05, 3.63) is 0 Å². The highest BCUT2D eigenvalue weighted by Crippen LogP contribution is 2.19. The molecule has 6 nitrogen and oxygen atoms in total. The first-order chi connectivity index (χ1) is 8.67. The molecule has 1 fully saturated rings. The quantitative estimate of drug-likeness (QED) is 0.829. The number of urea groups is 1. The third kappa shape index (κ3) is 3.37. The molecule has 1 saturated heterocycles. The zero-order valence-electron chi connectivity index (χ0n) is 12.5. The molecule has 110 valence electrons. The normalized spacial score (nSPS) is 17.7. The molecule has 0 radical (unpaired) electrons. The Balaban J connectivity index is 2.63. The molecule has 1 aliphatic heterocycles. The molecule has 0 aromatic rings. The first-order valence-corrected chi connectivity index (χ1v) is 6.60. The van der Waals surface area contributed by atoms with Crippen LogP contribution in [-0.4, -0.2) is 77.6 Å². The van der Waals surface area contributed by atoms with E-state index in [1.807, 2.05) is 14.1 Å². The largest absolute Gasteiger partial charge is 0.480 e. The molecule has 0 saturated carbocycles. The molecule has 1 heterocycles. The third-order valence-corrected chi connectivity index (χ3v) is 4.11. The van der Waals surface area contributed by atoms with Gasteiger partial charge in [0.25, 0.3) is 0 Å². The van der Waals surface area contributed by atoms with Crippen LogP contribution in [0.4, 0.5) is 4.79 Å². The number of aliphatic carboxylic acids is 1. The monoisotopic (exact) mass is 271 g/mol. The summed E-state index contributed by atoms with van der Waals surface area (Å²) < 4.78 is 0. The van der Waals surface area contributed by atoms with Crippen molar-refractivity contribution in [2.24, 2.45) is 0 Å². The van der Waals surface area contributed by atoms with Crippen LogP contribution < -0.4 is 0 Å². The van der Waals surface area contributed by atoms with Crippen molar-refractivity contribution < 1.29 is 14.7 Å². The molecule has 1 rings (SSSR count). The van der Waals surface area contributed by atoms with E-state index in [4.69, 9.17) is 5.11 Å². The fraction of sp³-hybridized carbons (Fsp3) is 0.846. The zero-order chi connectivity index (χ0) is 14.8. The van der Waals surface area contributed by atoms with Crippen LogP contribution in [-0.2, 0) is 4.79 Å². The molecule has 0 bridgehead atoms. The number of carboxylic acid groups (broad SMARTS) is 1. The van der Waals surface area contributed by atoms with Crippen LogP contribution in [0.1, 0.15) is 26.7 Å². The molecule has 0 spiro atoms. The van der Waals surface area contributed by atoms with Crippen molar-refractivity contribution in [1.82, 2.24) is 14.7 Å². The van der Waals surface area contributed by atoms with Crippen molar-refractivity contribution in [3.8, 4) is 0 Å². The fourth-order valence-corrected chi connectivity index (χ4v) is 2.17. The summed E-state index contributed by atoms with van der Waals surface area (Å²) in [6, 6.07) is 0.298. The lowest BCUT2D eigenvalue weighted by atomic mass is 10.0. The van der Waals surface area contributed by atoms with E-state index in [2.05, 4.69) is 4.90 Å². The van der Waals surface area contributed by atoms with E-state index in [9.17, 15) is 9.59 Å². The number of hydrogen-bond donors (Lipinski definition) is 1. The molecular weight excluding hydrogens is 246 g/mol. The van der Waals surface area contributed by atoms with Crippen LogP contribution in [0.25, 0.3) is 0 Å². The lowest BCUT2D eigenvalue weighted by molar-refractivity contribution is -0.147. The zero-order valence-corrected chi connectivity index (χ0v) is 12.5. The van der Waals surface area contributed by atoms with Gasteiger partial charge in [-0.1, -0.05) is 0 Å². The van der Waals surface area contributed by atoms with Crippen molar-refractivity contribution in [2.45, 2.75) is 38.3 Å². The van der Waals surface area contributed by atoms with Gasteiger partial charge in [-0.15, -0.1) is 0 Å². The van der Waals surface area contributed by atoms with Gasteiger partial charge in [0.05, 0.1) is 0 Å². The Bertz CT molecular complexity index is 347. The van der Waals surface area contributed by atoms with Crippen LogP contribution >= 0.6 is 0 Å². The van der Waals surface area contributed by atoms with Crippen LogP contribution in [0, 0.1) is 0 Å². The SMILES string of the molecule is CN(C)C1CCN(C(=O)N(C)C(C)(C)C(=O)O)CC1. The predicted molar refractivity (Wildman–Crippen MR) is 73.2 cm³/mol. The van der Waals surface area contributed by atoms with Crippen molar-refractivity contribution in [1.29, 1.82) is 0 Å². The number of piperidine rings is 1. The Morgan fingerprint density at radius 3 is 2.00 bits per heavy atom. The molecule has 0 aromatic carbocycles. The molecule has 19 heavy (non-hydrogen) atoms. The molecule has 1 N–H and O–H groups in total. The van der Waals surface area contributed by atoms with E-state index in [1.54, 1.807) is 25.8 Å². The smallest absolute Gasteiger partial charge is 0.329 e. The minimum absolute atomic E-state index is 0.204. The van der Waals surface area contributed by atoms with Gasteiger partial charge in [-0.2, -0.15) is 0 Å². The summed E-state index contributed by atoms with van der Waals surface area (Å²) >= 11 is 0. The summed E-state index contributed by atoms with van der Waals surface area (Å²) in [5.41, 5.74) is -1.19. The van der Waals surface area contributed by atoms with E-state index in [0.717, 1.165) is 12.8 Å². The van der Waals surface area contributed by atoms with Crippen LogP contribution in [0.2, 0.25) is 0 Å². The van der Waals surface area contributed by atoms with Crippen molar-refractivity contribution in [3.63, 3.8) is 0 Å². The second-order valence-corrected chi connectivity index (χ2v) is 5.89. The number of likely N-dealkylation sites (tertiary alicyclic amines) is 1. The summed E-state index contributed by atoms with van der Waals surface area (Å²) in [5.74, 6) is -0.994. The Morgan fingerprint density at radius 1 is 1.16 bits per heavy atom. The first-order valence-electron chi connectivity index (χ1n) is 6.60. The van der Waals surface area contributed by atoms with Gasteiger partial charge in [0.1, 0.15) is 5.54 Å². The van der Waals surface area contributed by atoms with Gasteiger partial charge in [0, 0.05) is 26.2 Å². The second-order valence-electron chi connectivity index (χ2n) is 5.89. The molecular formula is C13H25N3O3. The van der Waals surface area contributed by atoms with Gasteiger partial charge in [-0.05, 0) is 40.8 Å². The molecule has 0 atom stereocenters. The number of likely N-dealkylation sites (N-methyl/N-ethyl adjacent to an activating group) is 1. The van der Waals surface area contributed by atoms with Crippen LogP contribution in [0.15, 0.2) is 0 Å². The number of carbonyl (C=O) groups excluding carboxylic acids is 1.